The van der Waals surface area contributed by atoms with Crippen LogP contribution in [-0.2, 0) is 0 Å². The Balaban J connectivity index is 1.91. The molecule has 2 amide bonds. The summed E-state index contributed by atoms with van der Waals surface area (Å²) in [5.74, 6) is 0.409. The van der Waals surface area contributed by atoms with E-state index in [0.29, 0.717) is 17.0 Å². The van der Waals surface area contributed by atoms with E-state index in [9.17, 15) is 4.79 Å². The third-order valence-corrected chi connectivity index (χ3v) is 4.05. The molecule has 0 bridgehead atoms. The molecule has 2 aromatic heterocycles. The molecule has 3 rings (SSSR count). The zero-order valence-electron chi connectivity index (χ0n) is 13.3. The Morgan fingerprint density at radius 3 is 2.58 bits per heavy atom. The number of fused-ring (bicyclic) bond motifs is 1. The van der Waals surface area contributed by atoms with E-state index >= 15 is 0 Å². The highest BCUT2D eigenvalue weighted by Crippen LogP contribution is 2.19. The molecule has 0 saturated heterocycles. The van der Waals surface area contributed by atoms with Gasteiger partial charge in [-0.25, -0.2) is 14.8 Å². The maximum atomic E-state index is 12.0. The lowest BCUT2D eigenvalue weighted by Gasteiger charge is -2.19. The third kappa shape index (κ3) is 3.46. The van der Waals surface area contributed by atoms with Gasteiger partial charge in [-0.05, 0) is 26.0 Å². The molecule has 0 fully saturated rings. The highest BCUT2D eigenvalue weighted by atomic mass is 32.1. The van der Waals surface area contributed by atoms with Crippen molar-refractivity contribution in [1.82, 2.24) is 19.3 Å². The van der Waals surface area contributed by atoms with Crippen LogP contribution in [0, 0.1) is 0 Å². The molecule has 0 aliphatic carbocycles. The summed E-state index contributed by atoms with van der Waals surface area (Å²) < 4.78 is 1.30. The summed E-state index contributed by atoms with van der Waals surface area (Å²) in [4.78, 5) is 25.3. The van der Waals surface area contributed by atoms with Crippen LogP contribution in [0.5, 0.6) is 0 Å². The van der Waals surface area contributed by atoms with Gasteiger partial charge in [0.2, 0.25) is 0 Å². The number of anilines is 1. The number of hydrogen-bond acceptors (Lipinski definition) is 5. The van der Waals surface area contributed by atoms with Crippen molar-refractivity contribution in [2.75, 3.05) is 5.32 Å². The minimum atomic E-state index is -0.340. The second-order valence-electron chi connectivity index (χ2n) is 5.53. The van der Waals surface area contributed by atoms with Gasteiger partial charge in [0.25, 0.3) is 0 Å². The maximum absolute atomic E-state index is 12.0. The molecular formula is C17H17N5OS. The van der Waals surface area contributed by atoms with Crippen molar-refractivity contribution >= 4 is 35.8 Å². The first-order valence-corrected chi connectivity index (χ1v) is 7.93. The second kappa shape index (κ2) is 6.84. The topological polar surface area (TPSA) is 71.0 Å². The van der Waals surface area contributed by atoms with Gasteiger partial charge >= 0.3 is 6.03 Å². The quantitative estimate of drug-likeness (QED) is 0.713. The summed E-state index contributed by atoms with van der Waals surface area (Å²) in [6, 6.07) is 12.9. The number of rotatable bonds is 3. The largest absolute Gasteiger partial charge is 0.333 e. The molecule has 3 aromatic rings. The van der Waals surface area contributed by atoms with Crippen molar-refractivity contribution in [1.29, 1.82) is 0 Å². The number of nitrogens with one attached hydrogen (secondary N) is 1. The lowest BCUT2D eigenvalue weighted by Crippen LogP contribution is -2.32. The first kappa shape index (κ1) is 16.2. The Labute approximate surface area is 145 Å². The van der Waals surface area contributed by atoms with Gasteiger partial charge in [0.05, 0.1) is 11.9 Å². The molecule has 0 aliphatic rings. The fourth-order valence-electron chi connectivity index (χ4n) is 2.12. The highest BCUT2D eigenvalue weighted by Gasteiger charge is 2.14. The van der Waals surface area contributed by atoms with E-state index in [2.05, 4.69) is 33.1 Å². The van der Waals surface area contributed by atoms with E-state index in [1.165, 1.54) is 4.31 Å². The smallest absolute Gasteiger partial charge is 0.291 e. The fourth-order valence-corrected chi connectivity index (χ4v) is 2.17. The Kier molecular flexibility index (Phi) is 4.61. The van der Waals surface area contributed by atoms with Gasteiger partial charge in [0, 0.05) is 11.6 Å². The number of hydrogen-bond donors (Lipinski definition) is 2. The van der Waals surface area contributed by atoms with E-state index < -0.39 is 0 Å². The summed E-state index contributed by atoms with van der Waals surface area (Å²) >= 11 is 4.15. The summed E-state index contributed by atoms with van der Waals surface area (Å²) in [6.45, 7) is 3.75. The van der Waals surface area contributed by atoms with Crippen molar-refractivity contribution in [3.8, 4) is 11.3 Å². The lowest BCUT2D eigenvalue weighted by atomic mass is 10.2. The predicted octanol–water partition coefficient (Wildman–Crippen LogP) is 3.78. The van der Waals surface area contributed by atoms with E-state index in [1.54, 1.807) is 18.3 Å². The molecule has 0 atom stereocenters. The van der Waals surface area contributed by atoms with E-state index in [4.69, 9.17) is 0 Å². The average Bonchev–Trinajstić information content (AvgIpc) is 2.61. The number of benzene rings is 1. The number of amides is 2. The molecule has 0 unspecified atom stereocenters. The Hall–Kier alpha value is -2.67. The maximum Gasteiger partial charge on any atom is 0.333 e. The molecule has 0 aliphatic heterocycles. The first-order valence-electron chi connectivity index (χ1n) is 7.53. The normalized spacial score (nSPS) is 10.8. The van der Waals surface area contributed by atoms with Gasteiger partial charge in [-0.1, -0.05) is 43.1 Å². The number of nitrogens with zero attached hydrogens (tertiary/aromatic N) is 4. The van der Waals surface area contributed by atoms with E-state index in [1.807, 2.05) is 44.2 Å². The van der Waals surface area contributed by atoms with E-state index in [0.717, 1.165) is 11.3 Å². The van der Waals surface area contributed by atoms with Gasteiger partial charge in [-0.3, -0.25) is 14.6 Å². The molecule has 0 spiro atoms. The van der Waals surface area contributed by atoms with Crippen LogP contribution in [0.25, 0.3) is 22.4 Å². The average molecular weight is 339 g/mol. The summed E-state index contributed by atoms with van der Waals surface area (Å²) in [7, 11) is 0. The van der Waals surface area contributed by atoms with Crippen LogP contribution in [0.4, 0.5) is 10.6 Å². The molecular weight excluding hydrogens is 322 g/mol. The Morgan fingerprint density at radius 1 is 1.12 bits per heavy atom. The van der Waals surface area contributed by atoms with Crippen LogP contribution in [0.15, 0.2) is 48.7 Å². The van der Waals surface area contributed by atoms with Crippen LogP contribution >= 0.6 is 12.8 Å². The number of carbonyl (C=O) groups excluding carboxylic acids is 1. The number of pyridine rings is 1. The van der Waals surface area contributed by atoms with Crippen molar-refractivity contribution in [3.63, 3.8) is 0 Å². The van der Waals surface area contributed by atoms with Gasteiger partial charge in [-0.15, -0.1) is 0 Å². The number of urea groups is 1. The van der Waals surface area contributed by atoms with Crippen LogP contribution in [0.3, 0.4) is 0 Å². The molecule has 1 N–H and O–H groups in total. The summed E-state index contributed by atoms with van der Waals surface area (Å²) in [6.07, 6.45) is 1.71. The van der Waals surface area contributed by atoms with Gasteiger partial charge in [-0.2, -0.15) is 0 Å². The zero-order valence-corrected chi connectivity index (χ0v) is 14.2. The first-order chi connectivity index (χ1) is 11.5. The van der Waals surface area contributed by atoms with Gasteiger partial charge in [0.1, 0.15) is 11.3 Å². The SMILES string of the molecule is CC(C)N(S)C(=O)Nc1ccc2ncc(-c3ccccc3)nc2n1. The monoisotopic (exact) mass is 339 g/mol. The molecule has 0 saturated carbocycles. The standard InChI is InChI=1S/C17H17N5OS/c1-11(2)22(24)17(23)21-15-9-8-13-16(20-15)19-14(10-18-13)12-6-4-3-5-7-12/h3-11,24H,1-2H3,(H,19,20,21,23). The number of thiol groups is 1. The highest BCUT2D eigenvalue weighted by molar-refractivity contribution is 7.78. The molecule has 2 heterocycles. The van der Waals surface area contributed by atoms with Crippen molar-refractivity contribution in [2.45, 2.75) is 19.9 Å². The third-order valence-electron chi connectivity index (χ3n) is 3.41. The van der Waals surface area contributed by atoms with Crippen LogP contribution in [0.1, 0.15) is 13.8 Å². The molecule has 24 heavy (non-hydrogen) atoms. The fraction of sp³-hybridized carbons (Fsp3) is 0.176. The summed E-state index contributed by atoms with van der Waals surface area (Å²) in [5.41, 5.74) is 2.84. The van der Waals surface area contributed by atoms with Gasteiger partial charge < -0.3 is 0 Å². The molecule has 1 aromatic carbocycles. The zero-order chi connectivity index (χ0) is 17.1. The second-order valence-corrected chi connectivity index (χ2v) is 5.96. The lowest BCUT2D eigenvalue weighted by molar-refractivity contribution is 0.233. The minimum Gasteiger partial charge on any atom is -0.291 e. The van der Waals surface area contributed by atoms with Crippen LogP contribution < -0.4 is 5.32 Å². The Morgan fingerprint density at radius 2 is 1.88 bits per heavy atom. The number of aromatic nitrogens is 3. The molecule has 6 nitrogen and oxygen atoms in total. The summed E-state index contributed by atoms with van der Waals surface area (Å²) in [5, 5.41) is 2.71. The minimum absolute atomic E-state index is 0.0294. The molecule has 7 heteroatoms. The van der Waals surface area contributed by atoms with Crippen LogP contribution in [0.2, 0.25) is 0 Å². The Bertz CT molecular complexity index is 869. The van der Waals surface area contributed by atoms with Gasteiger partial charge in [0.15, 0.2) is 5.65 Å². The van der Waals surface area contributed by atoms with Crippen LogP contribution in [-0.4, -0.2) is 31.3 Å². The van der Waals surface area contributed by atoms with Crippen molar-refractivity contribution in [2.24, 2.45) is 0 Å². The molecule has 0 radical (unpaired) electrons. The predicted molar refractivity (Wildman–Crippen MR) is 97.7 cm³/mol. The number of carbonyl (C=O) groups is 1. The van der Waals surface area contributed by atoms with E-state index in [-0.39, 0.29) is 12.1 Å². The van der Waals surface area contributed by atoms with Crippen molar-refractivity contribution < 1.29 is 4.79 Å². The molecule has 122 valence electrons. The van der Waals surface area contributed by atoms with Crippen molar-refractivity contribution in [3.05, 3.63) is 48.7 Å².